The zero-order valence-corrected chi connectivity index (χ0v) is 16.7. The molecule has 0 bridgehead atoms. The van der Waals surface area contributed by atoms with Crippen LogP contribution in [0.4, 0.5) is 11.5 Å². The molecule has 2 heterocycles. The fourth-order valence-corrected chi connectivity index (χ4v) is 4.85. The van der Waals surface area contributed by atoms with Crippen LogP contribution >= 0.6 is 11.8 Å². The number of unbranched alkanes of at least 4 members (excludes halogenated alkanes) is 1. The fraction of sp³-hybridized carbons (Fsp3) is 0.250. The molecule has 0 aliphatic carbocycles. The Morgan fingerprint density at radius 2 is 1.81 bits per heavy atom. The van der Waals surface area contributed by atoms with E-state index in [4.69, 9.17) is 4.98 Å². The van der Waals surface area contributed by atoms with Gasteiger partial charge < -0.3 is 4.90 Å². The lowest BCUT2D eigenvalue weighted by atomic mass is 10.2. The highest BCUT2D eigenvalue weighted by Gasteiger charge is 2.24. The van der Waals surface area contributed by atoms with Crippen LogP contribution in [0.2, 0.25) is 0 Å². The van der Waals surface area contributed by atoms with Gasteiger partial charge in [-0.05, 0) is 37.1 Å². The van der Waals surface area contributed by atoms with Crippen molar-refractivity contribution in [3.05, 3.63) is 54.6 Å². The van der Waals surface area contributed by atoms with Crippen LogP contribution in [0, 0.1) is 0 Å². The first kappa shape index (κ1) is 18.3. The van der Waals surface area contributed by atoms with E-state index in [-0.39, 0.29) is 0 Å². The largest absolute Gasteiger partial charge is 0.324 e. The Bertz CT molecular complexity index is 1080. The van der Waals surface area contributed by atoms with Crippen molar-refractivity contribution < 1.29 is 8.42 Å². The van der Waals surface area contributed by atoms with Crippen LogP contribution in [0.5, 0.6) is 0 Å². The highest BCUT2D eigenvalue weighted by Crippen LogP contribution is 2.47. The molecule has 0 atom stereocenters. The zero-order valence-electron chi connectivity index (χ0n) is 15.1. The highest BCUT2D eigenvalue weighted by atomic mass is 32.2. The lowest BCUT2D eigenvalue weighted by molar-refractivity contribution is 0.583. The minimum atomic E-state index is -3.13. The molecule has 0 saturated carbocycles. The first-order valence-corrected chi connectivity index (χ1v) is 11.6. The number of anilines is 2. The quantitative estimate of drug-likeness (QED) is 0.631. The number of nitrogens with zero attached hydrogens (tertiary/aromatic N) is 2. The van der Waals surface area contributed by atoms with Gasteiger partial charge in [0.05, 0.1) is 22.4 Å². The van der Waals surface area contributed by atoms with Crippen molar-refractivity contribution in [2.45, 2.75) is 22.6 Å². The molecule has 0 radical (unpaired) electrons. The van der Waals surface area contributed by atoms with Crippen LogP contribution in [0.15, 0.2) is 64.4 Å². The maximum absolute atomic E-state index is 11.2. The normalized spacial score (nSPS) is 13.4. The number of rotatable bonds is 6. The summed E-state index contributed by atoms with van der Waals surface area (Å²) in [5.74, 6) is 0.980. The van der Waals surface area contributed by atoms with Gasteiger partial charge in [-0.3, -0.25) is 0 Å². The van der Waals surface area contributed by atoms with Crippen LogP contribution in [0.3, 0.4) is 0 Å². The van der Waals surface area contributed by atoms with E-state index in [1.165, 1.54) is 11.2 Å². The van der Waals surface area contributed by atoms with E-state index in [1.807, 2.05) is 24.3 Å². The molecule has 140 valence electrons. The van der Waals surface area contributed by atoms with Crippen LogP contribution in [0.1, 0.15) is 12.8 Å². The molecule has 4 rings (SSSR count). The third-order valence-corrected chi connectivity index (χ3v) is 6.29. The van der Waals surface area contributed by atoms with Crippen LogP contribution in [-0.2, 0) is 10.0 Å². The number of fused-ring (bicyclic) bond motifs is 3. The Hall–Kier alpha value is -2.09. The van der Waals surface area contributed by atoms with Gasteiger partial charge in [0.1, 0.15) is 5.82 Å². The van der Waals surface area contributed by atoms with Gasteiger partial charge in [-0.2, -0.15) is 0 Å². The Labute approximate surface area is 163 Å². The van der Waals surface area contributed by atoms with Crippen molar-refractivity contribution in [2.75, 3.05) is 24.2 Å². The van der Waals surface area contributed by atoms with Gasteiger partial charge in [-0.25, -0.2) is 18.1 Å². The van der Waals surface area contributed by atoms with E-state index in [1.54, 1.807) is 11.8 Å². The minimum absolute atomic E-state index is 0.459. The second-order valence-electron chi connectivity index (χ2n) is 6.60. The first-order valence-electron chi connectivity index (χ1n) is 8.90. The fourth-order valence-electron chi connectivity index (χ4n) is 3.23. The summed E-state index contributed by atoms with van der Waals surface area (Å²) in [5, 5.41) is 1.14. The molecule has 1 aliphatic rings. The predicted molar refractivity (Wildman–Crippen MR) is 111 cm³/mol. The summed E-state index contributed by atoms with van der Waals surface area (Å²) in [6, 6.07) is 18.7. The smallest absolute Gasteiger partial charge is 0.208 e. The molecule has 1 aromatic heterocycles. The molecule has 2 aromatic carbocycles. The summed E-state index contributed by atoms with van der Waals surface area (Å²) in [6.07, 6.45) is 2.84. The number of pyridine rings is 1. The van der Waals surface area contributed by atoms with Gasteiger partial charge in [-0.1, -0.05) is 42.1 Å². The van der Waals surface area contributed by atoms with Gasteiger partial charge in [0.25, 0.3) is 0 Å². The maximum atomic E-state index is 11.2. The number of para-hydroxylation sites is 2. The molecular formula is C20H21N3O2S2. The van der Waals surface area contributed by atoms with E-state index < -0.39 is 10.0 Å². The number of hydrogen-bond donors (Lipinski definition) is 1. The lowest BCUT2D eigenvalue weighted by Gasteiger charge is -2.32. The number of sulfonamides is 1. The van der Waals surface area contributed by atoms with Crippen molar-refractivity contribution >= 4 is 44.2 Å². The molecule has 0 spiro atoms. The molecule has 7 heteroatoms. The van der Waals surface area contributed by atoms with Gasteiger partial charge in [0.2, 0.25) is 10.0 Å². The van der Waals surface area contributed by atoms with E-state index in [0.717, 1.165) is 46.7 Å². The molecule has 0 saturated heterocycles. The standard InChI is InChI=1S/C20H21N3O2S2/c1-27(24,25)21-12-6-7-13-23-17-10-4-5-11-18(17)26-19-14-15-8-2-3-9-16(15)22-20(19)23/h2-5,8-11,14,21H,6-7,12-13H2,1H3. The zero-order chi connectivity index (χ0) is 18.9. The number of aromatic nitrogens is 1. The Morgan fingerprint density at radius 1 is 1.04 bits per heavy atom. The van der Waals surface area contributed by atoms with Crippen LogP contribution in [0.25, 0.3) is 10.9 Å². The predicted octanol–water partition coefficient (Wildman–Crippen LogP) is 4.17. The Balaban J connectivity index is 1.61. The van der Waals surface area contributed by atoms with Crippen molar-refractivity contribution in [3.63, 3.8) is 0 Å². The molecule has 0 fully saturated rings. The Morgan fingerprint density at radius 3 is 2.67 bits per heavy atom. The third-order valence-electron chi connectivity index (χ3n) is 4.47. The van der Waals surface area contributed by atoms with Crippen molar-refractivity contribution in [2.24, 2.45) is 0 Å². The summed E-state index contributed by atoms with van der Waals surface area (Å²) in [5.41, 5.74) is 2.15. The Kier molecular flexibility index (Phi) is 5.08. The average molecular weight is 400 g/mol. The molecule has 27 heavy (non-hydrogen) atoms. The van der Waals surface area contributed by atoms with Crippen molar-refractivity contribution in [3.8, 4) is 0 Å². The summed E-state index contributed by atoms with van der Waals surface area (Å²) < 4.78 is 25.0. The summed E-state index contributed by atoms with van der Waals surface area (Å²) in [6.45, 7) is 1.25. The molecule has 1 aliphatic heterocycles. The molecule has 0 unspecified atom stereocenters. The SMILES string of the molecule is CS(=O)(=O)NCCCCN1c2ccccc2Sc2cc3ccccc3nc21. The number of benzene rings is 2. The minimum Gasteiger partial charge on any atom is -0.324 e. The van der Waals surface area contributed by atoms with Gasteiger partial charge >= 0.3 is 0 Å². The second kappa shape index (κ2) is 7.50. The van der Waals surface area contributed by atoms with E-state index >= 15 is 0 Å². The molecule has 3 aromatic rings. The summed E-state index contributed by atoms with van der Waals surface area (Å²) in [7, 11) is -3.13. The van der Waals surface area contributed by atoms with Crippen molar-refractivity contribution in [1.82, 2.24) is 9.71 Å². The molecule has 1 N–H and O–H groups in total. The second-order valence-corrected chi connectivity index (χ2v) is 9.51. The lowest BCUT2D eigenvalue weighted by Crippen LogP contribution is -2.26. The van der Waals surface area contributed by atoms with Crippen LogP contribution < -0.4 is 9.62 Å². The summed E-state index contributed by atoms with van der Waals surface area (Å²) in [4.78, 5) is 9.56. The van der Waals surface area contributed by atoms with E-state index in [2.05, 4.69) is 40.0 Å². The average Bonchev–Trinajstić information content (AvgIpc) is 2.64. The van der Waals surface area contributed by atoms with E-state index in [9.17, 15) is 8.42 Å². The molecular weight excluding hydrogens is 378 g/mol. The monoisotopic (exact) mass is 399 g/mol. The number of nitrogens with one attached hydrogen (secondary N) is 1. The van der Waals surface area contributed by atoms with Gasteiger partial charge in [-0.15, -0.1) is 0 Å². The maximum Gasteiger partial charge on any atom is 0.208 e. The van der Waals surface area contributed by atoms with Crippen LogP contribution in [-0.4, -0.2) is 32.7 Å². The third kappa shape index (κ3) is 4.10. The summed E-state index contributed by atoms with van der Waals surface area (Å²) >= 11 is 1.75. The molecule has 5 nitrogen and oxygen atoms in total. The van der Waals surface area contributed by atoms with E-state index in [0.29, 0.717) is 6.54 Å². The van der Waals surface area contributed by atoms with Gasteiger partial charge in [0, 0.05) is 23.4 Å². The molecule has 0 amide bonds. The first-order chi connectivity index (χ1) is 13.0. The topological polar surface area (TPSA) is 62.3 Å². The highest BCUT2D eigenvalue weighted by molar-refractivity contribution is 7.99. The van der Waals surface area contributed by atoms with Crippen molar-refractivity contribution in [1.29, 1.82) is 0 Å². The number of hydrogen-bond acceptors (Lipinski definition) is 5. The van der Waals surface area contributed by atoms with Gasteiger partial charge in [0.15, 0.2) is 0 Å².